The summed E-state index contributed by atoms with van der Waals surface area (Å²) >= 11 is 11.9. The monoisotopic (exact) mass is 391 g/mol. The Morgan fingerprint density at radius 2 is 1.88 bits per heavy atom. The number of amides is 2. The van der Waals surface area contributed by atoms with Gasteiger partial charge in [-0.2, -0.15) is 0 Å². The van der Waals surface area contributed by atoms with Crippen molar-refractivity contribution in [1.29, 1.82) is 0 Å². The van der Waals surface area contributed by atoms with Crippen LogP contribution in [0.4, 0.5) is 11.4 Å². The number of para-hydroxylation sites is 2. The molecule has 3 rings (SSSR count). The van der Waals surface area contributed by atoms with Crippen LogP contribution in [0.2, 0.25) is 10.0 Å². The van der Waals surface area contributed by atoms with Gasteiger partial charge in [0.25, 0.3) is 5.91 Å². The van der Waals surface area contributed by atoms with Gasteiger partial charge in [-0.15, -0.1) is 0 Å². The number of piperidine rings is 1. The Morgan fingerprint density at radius 1 is 1.12 bits per heavy atom. The SMILES string of the molecule is Nc1ccccc1NC(=O)C1CCCN(C(=O)c2ccc(Cl)c(Cl)c2)C1. The summed E-state index contributed by atoms with van der Waals surface area (Å²) < 4.78 is 0. The van der Waals surface area contributed by atoms with Crippen LogP contribution in [0.5, 0.6) is 0 Å². The lowest BCUT2D eigenvalue weighted by molar-refractivity contribution is -0.121. The summed E-state index contributed by atoms with van der Waals surface area (Å²) in [5.74, 6) is -0.565. The number of benzene rings is 2. The van der Waals surface area contributed by atoms with Gasteiger partial charge in [0.1, 0.15) is 0 Å². The molecule has 0 aromatic heterocycles. The number of nitrogen functional groups attached to an aromatic ring is 1. The molecule has 0 aliphatic carbocycles. The van der Waals surface area contributed by atoms with Crippen LogP contribution in [0.3, 0.4) is 0 Å². The largest absolute Gasteiger partial charge is 0.397 e. The van der Waals surface area contributed by atoms with E-state index in [2.05, 4.69) is 5.32 Å². The third-order valence-corrected chi connectivity index (χ3v) is 5.20. The van der Waals surface area contributed by atoms with Crippen LogP contribution in [0, 0.1) is 5.92 Å². The van der Waals surface area contributed by atoms with Crippen molar-refractivity contribution in [2.75, 3.05) is 24.1 Å². The summed E-state index contributed by atoms with van der Waals surface area (Å²) in [6, 6.07) is 11.9. The zero-order valence-electron chi connectivity index (χ0n) is 14.0. The highest BCUT2D eigenvalue weighted by atomic mass is 35.5. The van der Waals surface area contributed by atoms with Crippen molar-refractivity contribution in [3.8, 4) is 0 Å². The quantitative estimate of drug-likeness (QED) is 0.774. The van der Waals surface area contributed by atoms with E-state index in [0.717, 1.165) is 12.8 Å². The first-order valence-corrected chi connectivity index (χ1v) is 9.11. The Bertz CT molecular complexity index is 841. The number of nitrogens with two attached hydrogens (primary N) is 1. The summed E-state index contributed by atoms with van der Waals surface area (Å²) in [6.45, 7) is 0.966. The van der Waals surface area contributed by atoms with Crippen molar-refractivity contribution in [3.63, 3.8) is 0 Å². The molecule has 5 nitrogen and oxygen atoms in total. The summed E-state index contributed by atoms with van der Waals surface area (Å²) in [5, 5.41) is 3.59. The molecule has 0 saturated carbocycles. The highest BCUT2D eigenvalue weighted by molar-refractivity contribution is 6.42. The molecule has 0 bridgehead atoms. The standard InChI is InChI=1S/C19H19Cl2N3O2/c20-14-8-7-12(10-15(14)21)19(26)24-9-3-4-13(11-24)18(25)23-17-6-2-1-5-16(17)22/h1-2,5-8,10,13H,3-4,9,11,22H2,(H,23,25). The lowest BCUT2D eigenvalue weighted by atomic mass is 9.96. The molecule has 26 heavy (non-hydrogen) atoms. The summed E-state index contributed by atoms with van der Waals surface area (Å²) in [4.78, 5) is 27.0. The maximum Gasteiger partial charge on any atom is 0.253 e. The molecule has 2 aromatic carbocycles. The Labute approximate surface area is 162 Å². The van der Waals surface area contributed by atoms with E-state index in [9.17, 15) is 9.59 Å². The first-order valence-electron chi connectivity index (χ1n) is 8.35. The summed E-state index contributed by atoms with van der Waals surface area (Å²) in [5.41, 5.74) is 7.44. The number of rotatable bonds is 3. The van der Waals surface area contributed by atoms with Crippen LogP contribution in [-0.2, 0) is 4.79 Å². The Morgan fingerprint density at radius 3 is 2.62 bits per heavy atom. The number of hydrogen-bond donors (Lipinski definition) is 2. The van der Waals surface area contributed by atoms with E-state index in [1.54, 1.807) is 35.2 Å². The van der Waals surface area contributed by atoms with Crippen molar-refractivity contribution < 1.29 is 9.59 Å². The van der Waals surface area contributed by atoms with Crippen molar-refractivity contribution in [3.05, 3.63) is 58.1 Å². The molecule has 2 aromatic rings. The number of nitrogens with one attached hydrogen (secondary N) is 1. The van der Waals surface area contributed by atoms with E-state index in [1.165, 1.54) is 0 Å². The third kappa shape index (κ3) is 4.11. The van der Waals surface area contributed by atoms with Crippen LogP contribution >= 0.6 is 23.2 Å². The molecule has 1 fully saturated rings. The fourth-order valence-electron chi connectivity index (χ4n) is 3.03. The first kappa shape index (κ1) is 18.5. The van der Waals surface area contributed by atoms with E-state index in [4.69, 9.17) is 28.9 Å². The molecule has 1 aliphatic rings. The van der Waals surface area contributed by atoms with Crippen LogP contribution in [0.15, 0.2) is 42.5 Å². The van der Waals surface area contributed by atoms with E-state index in [-0.39, 0.29) is 17.7 Å². The molecule has 1 aliphatic heterocycles. The number of likely N-dealkylation sites (tertiary alicyclic amines) is 1. The second-order valence-corrected chi connectivity index (χ2v) is 7.11. The van der Waals surface area contributed by atoms with E-state index >= 15 is 0 Å². The van der Waals surface area contributed by atoms with Gasteiger partial charge in [0.05, 0.1) is 27.3 Å². The predicted molar refractivity (Wildman–Crippen MR) is 105 cm³/mol. The molecule has 1 atom stereocenters. The highest BCUT2D eigenvalue weighted by Crippen LogP contribution is 2.26. The van der Waals surface area contributed by atoms with Crippen molar-refractivity contribution in [2.24, 2.45) is 5.92 Å². The minimum atomic E-state index is -0.282. The van der Waals surface area contributed by atoms with Gasteiger partial charge >= 0.3 is 0 Å². The van der Waals surface area contributed by atoms with Crippen molar-refractivity contribution >= 4 is 46.4 Å². The maximum absolute atomic E-state index is 12.7. The first-order chi connectivity index (χ1) is 12.5. The normalized spacial score (nSPS) is 17.0. The average molecular weight is 392 g/mol. The van der Waals surface area contributed by atoms with Gasteiger partial charge in [-0.1, -0.05) is 35.3 Å². The Hall–Kier alpha value is -2.24. The molecule has 0 radical (unpaired) electrons. The maximum atomic E-state index is 12.7. The van der Waals surface area contributed by atoms with Gasteiger partial charge < -0.3 is 16.0 Å². The van der Waals surface area contributed by atoms with Crippen LogP contribution < -0.4 is 11.1 Å². The molecule has 7 heteroatoms. The van der Waals surface area contributed by atoms with Gasteiger partial charge in [-0.05, 0) is 43.2 Å². The predicted octanol–water partition coefficient (Wildman–Crippen LogP) is 4.07. The molecular formula is C19H19Cl2N3O2. The lowest BCUT2D eigenvalue weighted by Gasteiger charge is -2.32. The highest BCUT2D eigenvalue weighted by Gasteiger charge is 2.29. The minimum absolute atomic E-state index is 0.130. The number of carbonyl (C=O) groups is 2. The molecule has 136 valence electrons. The molecule has 1 unspecified atom stereocenters. The summed E-state index contributed by atoms with van der Waals surface area (Å²) in [6.07, 6.45) is 1.49. The molecule has 3 N–H and O–H groups in total. The van der Waals surface area contributed by atoms with Gasteiger partial charge in [0.2, 0.25) is 5.91 Å². The zero-order valence-corrected chi connectivity index (χ0v) is 15.6. The lowest BCUT2D eigenvalue weighted by Crippen LogP contribution is -2.43. The number of anilines is 2. The number of nitrogens with zero attached hydrogens (tertiary/aromatic N) is 1. The minimum Gasteiger partial charge on any atom is -0.397 e. The van der Waals surface area contributed by atoms with Gasteiger partial charge in [0.15, 0.2) is 0 Å². The van der Waals surface area contributed by atoms with Gasteiger partial charge in [-0.25, -0.2) is 0 Å². The average Bonchev–Trinajstić information content (AvgIpc) is 2.65. The van der Waals surface area contributed by atoms with Crippen molar-refractivity contribution in [2.45, 2.75) is 12.8 Å². The van der Waals surface area contributed by atoms with E-state index in [0.29, 0.717) is 40.1 Å². The van der Waals surface area contributed by atoms with Crippen LogP contribution in [0.1, 0.15) is 23.2 Å². The van der Waals surface area contributed by atoms with Crippen LogP contribution in [-0.4, -0.2) is 29.8 Å². The molecule has 1 saturated heterocycles. The Balaban J connectivity index is 1.68. The fraction of sp³-hybridized carbons (Fsp3) is 0.263. The zero-order chi connectivity index (χ0) is 18.7. The number of halogens is 2. The third-order valence-electron chi connectivity index (χ3n) is 4.46. The van der Waals surface area contributed by atoms with E-state index in [1.807, 2.05) is 12.1 Å². The molecular weight excluding hydrogens is 373 g/mol. The smallest absolute Gasteiger partial charge is 0.253 e. The number of hydrogen-bond acceptors (Lipinski definition) is 3. The molecule has 2 amide bonds. The van der Waals surface area contributed by atoms with Crippen LogP contribution in [0.25, 0.3) is 0 Å². The summed E-state index contributed by atoms with van der Waals surface area (Å²) in [7, 11) is 0. The van der Waals surface area contributed by atoms with Gasteiger partial charge in [0, 0.05) is 18.7 Å². The van der Waals surface area contributed by atoms with Crippen molar-refractivity contribution in [1.82, 2.24) is 4.90 Å². The van der Waals surface area contributed by atoms with E-state index < -0.39 is 0 Å². The Kier molecular flexibility index (Phi) is 5.69. The second kappa shape index (κ2) is 7.98. The second-order valence-electron chi connectivity index (χ2n) is 6.30. The van der Waals surface area contributed by atoms with Gasteiger partial charge in [-0.3, -0.25) is 9.59 Å². The molecule has 0 spiro atoms. The topological polar surface area (TPSA) is 75.4 Å². The fourth-order valence-corrected chi connectivity index (χ4v) is 3.33. The number of carbonyl (C=O) groups excluding carboxylic acids is 2. The molecule has 1 heterocycles.